The smallest absolute Gasteiger partial charge is 0.251 e. The number of amides is 1. The van der Waals surface area contributed by atoms with E-state index in [-0.39, 0.29) is 5.91 Å². The molecule has 12 heavy (non-hydrogen) atoms. The molecule has 64 valence electrons. The molecule has 0 radical (unpaired) electrons. The molecule has 0 aliphatic rings. The number of anilines is 1. The van der Waals surface area contributed by atoms with Gasteiger partial charge in [-0.15, -0.1) is 0 Å². The van der Waals surface area contributed by atoms with Crippen molar-refractivity contribution in [1.82, 2.24) is 5.32 Å². The van der Waals surface area contributed by atoms with E-state index < -0.39 is 0 Å². The van der Waals surface area contributed by atoms with Crippen LogP contribution < -0.4 is 11.1 Å². The van der Waals surface area contributed by atoms with Crippen LogP contribution >= 0.6 is 11.6 Å². The van der Waals surface area contributed by atoms with Crippen LogP contribution in [0.15, 0.2) is 18.2 Å². The number of nitrogens with two attached hydrogens (primary N) is 1. The highest BCUT2D eigenvalue weighted by Gasteiger charge is 2.04. The molecule has 1 rings (SSSR count). The average molecular weight is 185 g/mol. The third-order valence-electron chi connectivity index (χ3n) is 1.49. The summed E-state index contributed by atoms with van der Waals surface area (Å²) in [4.78, 5) is 11.1. The minimum absolute atomic E-state index is 0.168. The second-order valence-corrected chi connectivity index (χ2v) is 2.72. The zero-order valence-corrected chi connectivity index (χ0v) is 7.35. The first-order chi connectivity index (χ1) is 5.65. The van der Waals surface area contributed by atoms with Crippen molar-refractivity contribution in [3.63, 3.8) is 0 Å². The third kappa shape index (κ3) is 1.68. The van der Waals surface area contributed by atoms with Crippen LogP contribution in [0.5, 0.6) is 0 Å². The molecular formula is C8H9ClN2O. The van der Waals surface area contributed by atoms with Gasteiger partial charge < -0.3 is 11.1 Å². The Balaban J connectivity index is 3.05. The van der Waals surface area contributed by atoms with Crippen molar-refractivity contribution in [2.75, 3.05) is 12.8 Å². The SMILES string of the molecule is CNC(=O)c1ccc(Cl)c(N)c1. The summed E-state index contributed by atoms with van der Waals surface area (Å²) in [6.45, 7) is 0. The molecule has 0 fully saturated rings. The summed E-state index contributed by atoms with van der Waals surface area (Å²) in [6.07, 6.45) is 0. The molecule has 3 nitrogen and oxygen atoms in total. The monoisotopic (exact) mass is 184 g/mol. The van der Waals surface area contributed by atoms with Gasteiger partial charge in [-0.3, -0.25) is 4.79 Å². The number of nitrogen functional groups attached to an aromatic ring is 1. The first-order valence-corrected chi connectivity index (χ1v) is 3.80. The summed E-state index contributed by atoms with van der Waals surface area (Å²) in [6, 6.07) is 4.76. The molecule has 0 saturated heterocycles. The van der Waals surface area contributed by atoms with Crippen LogP contribution in [0.1, 0.15) is 10.4 Å². The first-order valence-electron chi connectivity index (χ1n) is 3.42. The Morgan fingerprint density at radius 2 is 2.25 bits per heavy atom. The van der Waals surface area contributed by atoms with E-state index >= 15 is 0 Å². The van der Waals surface area contributed by atoms with Crippen molar-refractivity contribution >= 4 is 23.2 Å². The second kappa shape index (κ2) is 3.45. The fraction of sp³-hybridized carbons (Fsp3) is 0.125. The van der Waals surface area contributed by atoms with Crippen LogP contribution in [-0.2, 0) is 0 Å². The van der Waals surface area contributed by atoms with E-state index in [1.807, 2.05) is 0 Å². The summed E-state index contributed by atoms with van der Waals surface area (Å²) in [5.41, 5.74) is 6.43. The fourth-order valence-corrected chi connectivity index (χ4v) is 0.947. The number of rotatable bonds is 1. The van der Waals surface area contributed by atoms with E-state index in [2.05, 4.69) is 5.32 Å². The average Bonchev–Trinajstić information content (AvgIpc) is 2.08. The van der Waals surface area contributed by atoms with Crippen LogP contribution in [0.3, 0.4) is 0 Å². The van der Waals surface area contributed by atoms with Crippen molar-refractivity contribution < 1.29 is 4.79 Å². The number of hydrogen-bond acceptors (Lipinski definition) is 2. The van der Waals surface area contributed by atoms with Gasteiger partial charge in [-0.05, 0) is 18.2 Å². The zero-order chi connectivity index (χ0) is 9.14. The maximum absolute atomic E-state index is 11.1. The molecule has 1 aromatic carbocycles. The number of carbonyl (C=O) groups excluding carboxylic acids is 1. The van der Waals surface area contributed by atoms with E-state index in [9.17, 15) is 4.79 Å². The highest BCUT2D eigenvalue weighted by molar-refractivity contribution is 6.33. The third-order valence-corrected chi connectivity index (χ3v) is 1.83. The van der Waals surface area contributed by atoms with E-state index in [0.29, 0.717) is 16.3 Å². The minimum Gasteiger partial charge on any atom is -0.398 e. The fourth-order valence-electron chi connectivity index (χ4n) is 0.829. The van der Waals surface area contributed by atoms with E-state index in [1.165, 1.54) is 0 Å². The Hall–Kier alpha value is -1.22. The van der Waals surface area contributed by atoms with Crippen molar-refractivity contribution in [1.29, 1.82) is 0 Å². The molecule has 1 aromatic rings. The Bertz CT molecular complexity index is 312. The molecule has 4 heteroatoms. The Labute approximate surface area is 75.5 Å². The van der Waals surface area contributed by atoms with E-state index in [4.69, 9.17) is 17.3 Å². The molecule has 3 N–H and O–H groups in total. The number of halogens is 1. The predicted molar refractivity (Wildman–Crippen MR) is 49.3 cm³/mol. The topological polar surface area (TPSA) is 55.1 Å². The molecular weight excluding hydrogens is 176 g/mol. The quantitative estimate of drug-likeness (QED) is 0.646. The lowest BCUT2D eigenvalue weighted by Gasteiger charge is -2.01. The molecule has 0 heterocycles. The van der Waals surface area contributed by atoms with Gasteiger partial charge in [0.1, 0.15) is 0 Å². The van der Waals surface area contributed by atoms with Gasteiger partial charge in [-0.25, -0.2) is 0 Å². The molecule has 0 spiro atoms. The highest BCUT2D eigenvalue weighted by Crippen LogP contribution is 2.19. The summed E-state index contributed by atoms with van der Waals surface area (Å²) in [5.74, 6) is -0.168. The number of hydrogen-bond donors (Lipinski definition) is 2. The lowest BCUT2D eigenvalue weighted by atomic mass is 10.2. The second-order valence-electron chi connectivity index (χ2n) is 2.32. The van der Waals surface area contributed by atoms with Gasteiger partial charge in [0.25, 0.3) is 5.91 Å². The minimum atomic E-state index is -0.168. The molecule has 0 unspecified atom stereocenters. The van der Waals surface area contributed by atoms with Gasteiger partial charge in [-0.1, -0.05) is 11.6 Å². The van der Waals surface area contributed by atoms with E-state index in [0.717, 1.165) is 0 Å². The predicted octanol–water partition coefficient (Wildman–Crippen LogP) is 1.28. The highest BCUT2D eigenvalue weighted by atomic mass is 35.5. The van der Waals surface area contributed by atoms with Crippen molar-refractivity contribution in [2.45, 2.75) is 0 Å². The maximum Gasteiger partial charge on any atom is 0.251 e. The summed E-state index contributed by atoms with van der Waals surface area (Å²) in [7, 11) is 1.56. The number of nitrogens with one attached hydrogen (secondary N) is 1. The van der Waals surface area contributed by atoms with Crippen LogP contribution in [0.2, 0.25) is 5.02 Å². The van der Waals surface area contributed by atoms with Gasteiger partial charge >= 0.3 is 0 Å². The van der Waals surface area contributed by atoms with Gasteiger partial charge in [0.15, 0.2) is 0 Å². The van der Waals surface area contributed by atoms with Crippen LogP contribution in [0.25, 0.3) is 0 Å². The molecule has 1 amide bonds. The zero-order valence-electron chi connectivity index (χ0n) is 6.60. The van der Waals surface area contributed by atoms with Gasteiger partial charge in [0.05, 0.1) is 10.7 Å². The van der Waals surface area contributed by atoms with Gasteiger partial charge in [0, 0.05) is 12.6 Å². The lowest BCUT2D eigenvalue weighted by Crippen LogP contribution is -2.17. The molecule has 0 aliphatic heterocycles. The number of carbonyl (C=O) groups is 1. The van der Waals surface area contributed by atoms with E-state index in [1.54, 1.807) is 25.2 Å². The normalized spacial score (nSPS) is 9.50. The van der Waals surface area contributed by atoms with Crippen molar-refractivity contribution in [3.8, 4) is 0 Å². The molecule has 0 saturated carbocycles. The molecule has 0 aromatic heterocycles. The maximum atomic E-state index is 11.1. The van der Waals surface area contributed by atoms with Gasteiger partial charge in [0.2, 0.25) is 0 Å². The van der Waals surface area contributed by atoms with Crippen molar-refractivity contribution in [2.24, 2.45) is 0 Å². The molecule has 0 atom stereocenters. The Kier molecular flexibility index (Phi) is 2.55. The Morgan fingerprint density at radius 3 is 2.75 bits per heavy atom. The van der Waals surface area contributed by atoms with Gasteiger partial charge in [-0.2, -0.15) is 0 Å². The molecule has 0 bridgehead atoms. The Morgan fingerprint density at radius 1 is 1.58 bits per heavy atom. The van der Waals surface area contributed by atoms with Crippen LogP contribution in [-0.4, -0.2) is 13.0 Å². The molecule has 0 aliphatic carbocycles. The largest absolute Gasteiger partial charge is 0.398 e. The first kappa shape index (κ1) is 8.87. The lowest BCUT2D eigenvalue weighted by molar-refractivity contribution is 0.0963. The van der Waals surface area contributed by atoms with Crippen LogP contribution in [0, 0.1) is 0 Å². The number of benzene rings is 1. The summed E-state index contributed by atoms with van der Waals surface area (Å²) >= 11 is 5.67. The van der Waals surface area contributed by atoms with Crippen molar-refractivity contribution in [3.05, 3.63) is 28.8 Å². The standard InChI is InChI=1S/C8H9ClN2O/c1-11-8(12)5-2-3-6(9)7(10)4-5/h2-4H,10H2,1H3,(H,11,12). The van der Waals surface area contributed by atoms with Crippen LogP contribution in [0.4, 0.5) is 5.69 Å². The summed E-state index contributed by atoms with van der Waals surface area (Å²) < 4.78 is 0. The summed E-state index contributed by atoms with van der Waals surface area (Å²) in [5, 5.41) is 2.95.